The van der Waals surface area contributed by atoms with Crippen LogP contribution in [0.3, 0.4) is 0 Å². The van der Waals surface area contributed by atoms with Crippen LogP contribution in [-0.2, 0) is 4.79 Å². The van der Waals surface area contributed by atoms with E-state index in [1.165, 1.54) is 5.69 Å². The lowest BCUT2D eigenvalue weighted by molar-refractivity contribution is -0.137. The van der Waals surface area contributed by atoms with Gasteiger partial charge in [-0.3, -0.25) is 9.69 Å². The van der Waals surface area contributed by atoms with E-state index in [2.05, 4.69) is 34.1 Å². The van der Waals surface area contributed by atoms with Crippen LogP contribution in [0.1, 0.15) is 19.8 Å². The molecular formula is C18H27N3O2. The minimum Gasteiger partial charge on any atom is -0.393 e. The summed E-state index contributed by atoms with van der Waals surface area (Å²) in [7, 11) is 0. The van der Waals surface area contributed by atoms with Crippen molar-refractivity contribution >= 4 is 11.6 Å². The van der Waals surface area contributed by atoms with E-state index in [0.717, 1.165) is 52.1 Å². The molecule has 5 nitrogen and oxygen atoms in total. The predicted octanol–water partition coefficient (Wildman–Crippen LogP) is 1.18. The molecule has 0 bridgehead atoms. The Labute approximate surface area is 138 Å². The Hall–Kier alpha value is -1.59. The fourth-order valence-corrected chi connectivity index (χ4v) is 3.52. The van der Waals surface area contributed by atoms with Crippen LogP contribution in [0.4, 0.5) is 5.69 Å². The minimum absolute atomic E-state index is 0.0780. The van der Waals surface area contributed by atoms with Crippen molar-refractivity contribution in [3.63, 3.8) is 0 Å². The van der Waals surface area contributed by atoms with Crippen molar-refractivity contribution in [2.45, 2.75) is 31.9 Å². The van der Waals surface area contributed by atoms with Crippen molar-refractivity contribution in [3.05, 3.63) is 30.3 Å². The summed E-state index contributed by atoms with van der Waals surface area (Å²) in [5, 5.41) is 9.61. The van der Waals surface area contributed by atoms with Crippen LogP contribution >= 0.6 is 0 Å². The Morgan fingerprint density at radius 3 is 2.26 bits per heavy atom. The third-order valence-corrected chi connectivity index (χ3v) is 5.12. The van der Waals surface area contributed by atoms with E-state index >= 15 is 0 Å². The van der Waals surface area contributed by atoms with Crippen molar-refractivity contribution in [1.82, 2.24) is 9.80 Å². The molecule has 2 aliphatic rings. The Kier molecular flexibility index (Phi) is 5.18. The number of hydrogen-bond acceptors (Lipinski definition) is 4. The van der Waals surface area contributed by atoms with E-state index in [-0.39, 0.29) is 18.1 Å². The molecule has 126 valence electrons. The summed E-state index contributed by atoms with van der Waals surface area (Å²) in [5.74, 6) is 0.231. The van der Waals surface area contributed by atoms with Gasteiger partial charge in [-0.15, -0.1) is 0 Å². The zero-order valence-electron chi connectivity index (χ0n) is 13.9. The monoisotopic (exact) mass is 317 g/mol. The Morgan fingerprint density at radius 1 is 1.04 bits per heavy atom. The smallest absolute Gasteiger partial charge is 0.239 e. The van der Waals surface area contributed by atoms with E-state index in [9.17, 15) is 9.90 Å². The van der Waals surface area contributed by atoms with Crippen molar-refractivity contribution in [1.29, 1.82) is 0 Å². The van der Waals surface area contributed by atoms with E-state index in [1.54, 1.807) is 0 Å². The molecule has 3 rings (SSSR count). The first-order valence-corrected chi connectivity index (χ1v) is 8.66. The van der Waals surface area contributed by atoms with Crippen molar-refractivity contribution in [2.24, 2.45) is 0 Å². The van der Waals surface area contributed by atoms with Crippen LogP contribution in [0.5, 0.6) is 0 Å². The Balaban J connectivity index is 1.52. The lowest BCUT2D eigenvalue weighted by Gasteiger charge is -2.40. The van der Waals surface area contributed by atoms with Gasteiger partial charge < -0.3 is 14.9 Å². The fraction of sp³-hybridized carbons (Fsp3) is 0.611. The van der Waals surface area contributed by atoms with Gasteiger partial charge in [-0.05, 0) is 31.9 Å². The molecule has 23 heavy (non-hydrogen) atoms. The number of carbonyl (C=O) groups is 1. The minimum atomic E-state index is -0.192. The number of carbonyl (C=O) groups excluding carboxylic acids is 1. The molecule has 0 saturated carbocycles. The quantitative estimate of drug-likeness (QED) is 0.909. The number of amides is 1. The van der Waals surface area contributed by atoms with E-state index in [4.69, 9.17) is 0 Å². The number of para-hydroxylation sites is 1. The second kappa shape index (κ2) is 7.32. The topological polar surface area (TPSA) is 47.0 Å². The summed E-state index contributed by atoms with van der Waals surface area (Å²) in [6.07, 6.45) is 1.36. The molecule has 1 N–H and O–H groups in total. The molecule has 5 heteroatoms. The molecule has 0 aromatic heterocycles. The SMILES string of the molecule is CC(C(=O)N1CCN(c2ccccc2)CC1)N1CCC(O)CC1. The number of anilines is 1. The highest BCUT2D eigenvalue weighted by molar-refractivity contribution is 5.81. The van der Waals surface area contributed by atoms with Gasteiger partial charge in [-0.2, -0.15) is 0 Å². The van der Waals surface area contributed by atoms with Gasteiger partial charge in [0, 0.05) is 45.0 Å². The number of piperidine rings is 1. The van der Waals surface area contributed by atoms with Gasteiger partial charge in [0.1, 0.15) is 0 Å². The second-order valence-corrected chi connectivity index (χ2v) is 6.59. The highest BCUT2D eigenvalue weighted by Crippen LogP contribution is 2.18. The summed E-state index contributed by atoms with van der Waals surface area (Å²) < 4.78 is 0. The average Bonchev–Trinajstić information content (AvgIpc) is 2.62. The van der Waals surface area contributed by atoms with Gasteiger partial charge in [-0.25, -0.2) is 0 Å². The van der Waals surface area contributed by atoms with Crippen molar-refractivity contribution < 1.29 is 9.90 Å². The molecule has 1 aromatic carbocycles. The molecule has 2 fully saturated rings. The molecule has 0 aliphatic carbocycles. The maximum atomic E-state index is 12.7. The number of likely N-dealkylation sites (tertiary alicyclic amines) is 1. The number of nitrogens with zero attached hydrogens (tertiary/aromatic N) is 3. The average molecular weight is 317 g/mol. The normalized spacial score (nSPS) is 22.2. The highest BCUT2D eigenvalue weighted by atomic mass is 16.3. The largest absolute Gasteiger partial charge is 0.393 e. The standard InChI is InChI=1S/C18H27N3O2/c1-15(19-9-7-17(22)8-10-19)18(23)21-13-11-20(12-14-21)16-5-3-2-4-6-16/h2-6,15,17,22H,7-14H2,1H3. The Bertz CT molecular complexity index is 506. The van der Waals surface area contributed by atoms with Crippen LogP contribution in [-0.4, -0.2) is 72.2 Å². The zero-order valence-corrected chi connectivity index (χ0v) is 13.9. The fourth-order valence-electron chi connectivity index (χ4n) is 3.52. The first kappa shape index (κ1) is 16.3. The molecule has 1 unspecified atom stereocenters. The van der Waals surface area contributed by atoms with Crippen LogP contribution in [0, 0.1) is 0 Å². The van der Waals surface area contributed by atoms with Crippen LogP contribution in [0.15, 0.2) is 30.3 Å². The second-order valence-electron chi connectivity index (χ2n) is 6.59. The van der Waals surface area contributed by atoms with E-state index in [1.807, 2.05) is 17.9 Å². The van der Waals surface area contributed by atoms with Gasteiger partial charge in [0.25, 0.3) is 0 Å². The molecule has 0 spiro atoms. The number of piperazine rings is 1. The first-order chi connectivity index (χ1) is 11.1. The van der Waals surface area contributed by atoms with Crippen LogP contribution < -0.4 is 4.90 Å². The molecule has 0 radical (unpaired) electrons. The van der Waals surface area contributed by atoms with Crippen molar-refractivity contribution in [2.75, 3.05) is 44.2 Å². The third-order valence-electron chi connectivity index (χ3n) is 5.12. The van der Waals surface area contributed by atoms with Gasteiger partial charge in [-0.1, -0.05) is 18.2 Å². The lowest BCUT2D eigenvalue weighted by Crippen LogP contribution is -2.55. The van der Waals surface area contributed by atoms with Gasteiger partial charge in [0.05, 0.1) is 12.1 Å². The van der Waals surface area contributed by atoms with Gasteiger partial charge in [0.15, 0.2) is 0 Å². The van der Waals surface area contributed by atoms with E-state index in [0.29, 0.717) is 0 Å². The molecule has 2 saturated heterocycles. The first-order valence-electron chi connectivity index (χ1n) is 8.66. The number of rotatable bonds is 3. The van der Waals surface area contributed by atoms with Gasteiger partial charge >= 0.3 is 0 Å². The van der Waals surface area contributed by atoms with Gasteiger partial charge in [0.2, 0.25) is 5.91 Å². The maximum absolute atomic E-state index is 12.7. The molecule has 1 atom stereocenters. The molecule has 1 aromatic rings. The number of aliphatic hydroxyl groups is 1. The number of benzene rings is 1. The molecule has 1 amide bonds. The van der Waals surface area contributed by atoms with Crippen molar-refractivity contribution in [3.8, 4) is 0 Å². The lowest BCUT2D eigenvalue weighted by atomic mass is 10.1. The summed E-state index contributed by atoms with van der Waals surface area (Å²) >= 11 is 0. The Morgan fingerprint density at radius 2 is 1.65 bits per heavy atom. The molecule has 2 aliphatic heterocycles. The number of aliphatic hydroxyl groups excluding tert-OH is 1. The summed E-state index contributed by atoms with van der Waals surface area (Å²) in [4.78, 5) is 19.3. The van der Waals surface area contributed by atoms with E-state index < -0.39 is 0 Å². The number of hydrogen-bond donors (Lipinski definition) is 1. The summed E-state index contributed by atoms with van der Waals surface area (Å²) in [5.41, 5.74) is 1.23. The maximum Gasteiger partial charge on any atom is 0.239 e. The summed E-state index contributed by atoms with van der Waals surface area (Å²) in [6, 6.07) is 10.3. The van der Waals surface area contributed by atoms with Crippen LogP contribution in [0.2, 0.25) is 0 Å². The highest BCUT2D eigenvalue weighted by Gasteiger charge is 2.30. The third kappa shape index (κ3) is 3.85. The predicted molar refractivity (Wildman–Crippen MR) is 91.5 cm³/mol. The summed E-state index contributed by atoms with van der Waals surface area (Å²) in [6.45, 7) is 6.99. The molecular weight excluding hydrogens is 290 g/mol. The van der Waals surface area contributed by atoms with Crippen LogP contribution in [0.25, 0.3) is 0 Å². The zero-order chi connectivity index (χ0) is 16.2. The molecule has 2 heterocycles.